The quantitative estimate of drug-likeness (QED) is 0.755. The summed E-state index contributed by atoms with van der Waals surface area (Å²) in [7, 11) is -3.24. The highest BCUT2D eigenvalue weighted by molar-refractivity contribution is 7.89. The van der Waals surface area contributed by atoms with E-state index in [1.54, 1.807) is 24.3 Å². The van der Waals surface area contributed by atoms with Gasteiger partial charge in [0.05, 0.1) is 5.75 Å². The Morgan fingerprint density at radius 2 is 1.88 bits per heavy atom. The molecular weight excluding hydrogens is 250 g/mol. The van der Waals surface area contributed by atoms with Crippen LogP contribution in [0.2, 0.25) is 0 Å². The highest BCUT2D eigenvalue weighted by atomic mass is 35.5. The third-order valence-corrected chi connectivity index (χ3v) is 3.82. The maximum Gasteiger partial charge on any atom is 0.212 e. The summed E-state index contributed by atoms with van der Waals surface area (Å²) < 4.78 is 24.9. The molecule has 0 aliphatic carbocycles. The zero-order valence-electron chi connectivity index (χ0n) is 8.69. The van der Waals surface area contributed by atoms with Gasteiger partial charge >= 0.3 is 0 Å². The third-order valence-electron chi connectivity index (χ3n) is 2.02. The number of hydrogen-bond donors (Lipinski definition) is 2. The van der Waals surface area contributed by atoms with Crippen LogP contribution in [0, 0.1) is 0 Å². The van der Waals surface area contributed by atoms with Gasteiger partial charge in [-0.25, -0.2) is 13.1 Å². The van der Waals surface area contributed by atoms with E-state index in [2.05, 4.69) is 4.72 Å². The van der Waals surface area contributed by atoms with Crippen LogP contribution in [0.3, 0.4) is 0 Å². The molecule has 4 nitrogen and oxygen atoms in total. The molecule has 0 unspecified atom stereocenters. The maximum absolute atomic E-state index is 11.2. The van der Waals surface area contributed by atoms with E-state index in [1.165, 1.54) is 0 Å². The number of nitrogens with one attached hydrogen (secondary N) is 1. The van der Waals surface area contributed by atoms with Crippen molar-refractivity contribution in [2.45, 2.75) is 6.42 Å². The van der Waals surface area contributed by atoms with Crippen LogP contribution in [0.5, 0.6) is 5.75 Å². The summed E-state index contributed by atoms with van der Waals surface area (Å²) in [6.07, 6.45) is 0.585. The second-order valence-corrected chi connectivity index (χ2v) is 5.62. The number of sulfonamides is 1. The Morgan fingerprint density at radius 1 is 1.25 bits per heavy atom. The van der Waals surface area contributed by atoms with E-state index in [0.717, 1.165) is 5.56 Å². The molecule has 16 heavy (non-hydrogen) atoms. The van der Waals surface area contributed by atoms with Gasteiger partial charge in [-0.05, 0) is 24.1 Å². The van der Waals surface area contributed by atoms with Crippen LogP contribution >= 0.6 is 11.6 Å². The number of hydrogen-bond acceptors (Lipinski definition) is 3. The fraction of sp³-hybridized carbons (Fsp3) is 0.400. The van der Waals surface area contributed by atoms with Crippen molar-refractivity contribution in [1.29, 1.82) is 0 Å². The van der Waals surface area contributed by atoms with Crippen LogP contribution in [-0.2, 0) is 16.4 Å². The lowest BCUT2D eigenvalue weighted by atomic mass is 10.1. The summed E-state index contributed by atoms with van der Waals surface area (Å²) in [6.45, 7) is 0.337. The van der Waals surface area contributed by atoms with E-state index in [4.69, 9.17) is 16.7 Å². The lowest BCUT2D eigenvalue weighted by Gasteiger charge is -2.05. The van der Waals surface area contributed by atoms with Crippen LogP contribution in [-0.4, -0.2) is 31.7 Å². The molecule has 0 bridgehead atoms. The molecular formula is C10H14ClNO3S. The van der Waals surface area contributed by atoms with Crippen molar-refractivity contribution in [2.75, 3.05) is 18.2 Å². The predicted octanol–water partition coefficient (Wildman–Crippen LogP) is 1.09. The molecule has 0 aromatic heterocycles. The van der Waals surface area contributed by atoms with Crippen molar-refractivity contribution in [3.63, 3.8) is 0 Å². The molecule has 0 heterocycles. The zero-order valence-corrected chi connectivity index (χ0v) is 10.3. The van der Waals surface area contributed by atoms with E-state index in [9.17, 15) is 8.42 Å². The van der Waals surface area contributed by atoms with Gasteiger partial charge in [0.1, 0.15) is 5.75 Å². The minimum Gasteiger partial charge on any atom is -0.508 e. The van der Waals surface area contributed by atoms with Crippen molar-refractivity contribution in [1.82, 2.24) is 4.72 Å². The molecule has 0 saturated carbocycles. The average molecular weight is 264 g/mol. The first-order valence-corrected chi connectivity index (χ1v) is 7.03. The molecule has 0 aliphatic heterocycles. The normalized spacial score (nSPS) is 11.6. The van der Waals surface area contributed by atoms with Gasteiger partial charge in [0.15, 0.2) is 0 Å². The molecule has 90 valence electrons. The van der Waals surface area contributed by atoms with Crippen molar-refractivity contribution in [2.24, 2.45) is 0 Å². The molecule has 1 aromatic rings. The number of alkyl halides is 1. The van der Waals surface area contributed by atoms with E-state index >= 15 is 0 Å². The minimum absolute atomic E-state index is 0.0653. The standard InChI is InChI=1S/C10H14ClNO3S/c11-6-8-16(14,15)12-7-5-9-1-3-10(13)4-2-9/h1-4,12-13H,5-8H2. The van der Waals surface area contributed by atoms with Crippen molar-refractivity contribution in [3.05, 3.63) is 29.8 Å². The number of halogens is 1. The van der Waals surface area contributed by atoms with E-state index in [0.29, 0.717) is 13.0 Å². The van der Waals surface area contributed by atoms with E-state index < -0.39 is 10.0 Å². The first-order chi connectivity index (χ1) is 7.53. The van der Waals surface area contributed by atoms with Gasteiger partial charge in [-0.3, -0.25) is 0 Å². The van der Waals surface area contributed by atoms with E-state index in [-0.39, 0.29) is 17.4 Å². The highest BCUT2D eigenvalue weighted by Gasteiger charge is 2.07. The fourth-order valence-electron chi connectivity index (χ4n) is 1.19. The summed E-state index contributed by atoms with van der Waals surface area (Å²) in [5.74, 6) is 0.227. The molecule has 6 heteroatoms. The Bertz CT molecular complexity index is 416. The lowest BCUT2D eigenvalue weighted by molar-refractivity contribution is 0.475. The van der Waals surface area contributed by atoms with Crippen molar-refractivity contribution >= 4 is 21.6 Å². The molecule has 0 amide bonds. The molecule has 2 N–H and O–H groups in total. The topological polar surface area (TPSA) is 66.4 Å². The average Bonchev–Trinajstić information content (AvgIpc) is 2.20. The number of rotatable bonds is 6. The third kappa shape index (κ3) is 4.83. The smallest absolute Gasteiger partial charge is 0.212 e. The van der Waals surface area contributed by atoms with Crippen LogP contribution in [0.25, 0.3) is 0 Å². The first kappa shape index (κ1) is 13.3. The number of phenolic OH excluding ortho intramolecular Hbond substituents is 1. The summed E-state index contributed by atoms with van der Waals surface area (Å²) in [6, 6.07) is 6.65. The summed E-state index contributed by atoms with van der Waals surface area (Å²) in [5, 5.41) is 9.06. The van der Waals surface area contributed by atoms with Gasteiger partial charge in [-0.15, -0.1) is 11.6 Å². The van der Waals surface area contributed by atoms with Gasteiger partial charge in [-0.2, -0.15) is 0 Å². The van der Waals surface area contributed by atoms with Crippen molar-refractivity contribution < 1.29 is 13.5 Å². The molecule has 0 saturated heterocycles. The number of benzene rings is 1. The highest BCUT2D eigenvalue weighted by Crippen LogP contribution is 2.09. The lowest BCUT2D eigenvalue weighted by Crippen LogP contribution is -2.28. The second-order valence-electron chi connectivity index (χ2n) is 3.32. The Morgan fingerprint density at radius 3 is 2.44 bits per heavy atom. The summed E-state index contributed by atoms with van der Waals surface area (Å²) >= 11 is 5.35. The molecule has 0 fully saturated rings. The van der Waals surface area contributed by atoms with Gasteiger partial charge < -0.3 is 5.11 Å². The molecule has 0 aliphatic rings. The van der Waals surface area contributed by atoms with Crippen LogP contribution in [0.1, 0.15) is 5.56 Å². The summed E-state index contributed by atoms with van der Waals surface area (Å²) in [5.41, 5.74) is 0.964. The largest absolute Gasteiger partial charge is 0.508 e. The summed E-state index contributed by atoms with van der Waals surface area (Å²) in [4.78, 5) is 0. The Hall–Kier alpha value is -0.780. The Kier molecular flexibility index (Phi) is 5.05. The zero-order chi connectivity index (χ0) is 12.0. The SMILES string of the molecule is O=S(=O)(CCCl)NCCc1ccc(O)cc1. The second kappa shape index (κ2) is 6.08. The molecule has 1 aromatic carbocycles. The number of aromatic hydroxyl groups is 1. The van der Waals surface area contributed by atoms with Crippen molar-refractivity contribution in [3.8, 4) is 5.75 Å². The molecule has 0 radical (unpaired) electrons. The van der Waals surface area contributed by atoms with Gasteiger partial charge in [0, 0.05) is 12.4 Å². The Labute approximate surface area is 100 Å². The van der Waals surface area contributed by atoms with Crippen LogP contribution in [0.15, 0.2) is 24.3 Å². The van der Waals surface area contributed by atoms with Gasteiger partial charge in [-0.1, -0.05) is 12.1 Å². The molecule has 0 spiro atoms. The first-order valence-electron chi connectivity index (χ1n) is 4.85. The minimum atomic E-state index is -3.24. The van der Waals surface area contributed by atoms with E-state index in [1.807, 2.05) is 0 Å². The maximum atomic E-state index is 11.2. The van der Waals surface area contributed by atoms with Crippen LogP contribution in [0.4, 0.5) is 0 Å². The van der Waals surface area contributed by atoms with Gasteiger partial charge in [0.25, 0.3) is 0 Å². The number of phenols is 1. The van der Waals surface area contributed by atoms with Crippen LogP contribution < -0.4 is 4.72 Å². The predicted molar refractivity (Wildman–Crippen MR) is 64.3 cm³/mol. The monoisotopic (exact) mass is 263 g/mol. The van der Waals surface area contributed by atoms with Gasteiger partial charge in [0.2, 0.25) is 10.0 Å². The molecule has 0 atom stereocenters. The molecule has 1 rings (SSSR count). The fourth-order valence-corrected chi connectivity index (χ4v) is 2.56. The Balaban J connectivity index is 2.39.